The summed E-state index contributed by atoms with van der Waals surface area (Å²) in [6.45, 7) is -0.776. The summed E-state index contributed by atoms with van der Waals surface area (Å²) in [6.07, 6.45) is -5.65. The number of esters is 1. The molecule has 0 N–H and O–H groups in total. The number of non-ortho nitro benzene ring substituents is 1. The maximum absolute atomic E-state index is 12.2. The largest absolute Gasteiger partial charge is 0.514 e. The molecule has 0 amide bonds. The Balaban J connectivity index is 1.41. The van der Waals surface area contributed by atoms with Gasteiger partial charge in [0, 0.05) is 18.6 Å². The zero-order chi connectivity index (χ0) is 26.9. The van der Waals surface area contributed by atoms with Crippen LogP contribution >= 0.6 is 0 Å². The predicted molar refractivity (Wildman–Crippen MR) is 112 cm³/mol. The molecule has 2 aliphatic rings. The molecule has 0 aliphatic carbocycles. The molecule has 1 aromatic carbocycles. The van der Waals surface area contributed by atoms with Crippen LogP contribution in [0.2, 0.25) is 0 Å². The first-order valence-corrected chi connectivity index (χ1v) is 10.8. The van der Waals surface area contributed by atoms with Crippen molar-refractivity contribution in [1.29, 1.82) is 0 Å². The monoisotopic (exact) mass is 531 g/mol. The predicted octanol–water partition coefficient (Wildman–Crippen LogP) is 1.14. The second-order valence-corrected chi connectivity index (χ2v) is 7.75. The molecule has 2 heterocycles. The number of hydrogen-bond donors (Lipinski definition) is 0. The highest BCUT2D eigenvalue weighted by atomic mass is 17.0. The standard InChI is InChI=1S/C19H21N3O15/c23-16(3-1-2-13(37-22(29)30)8-33-21(27)28)35-14-9-31-18-15(10-32-17(14)18)36-19(24)34-12-6-4-11(5-7-12)20(25)26/h4-7,13-15,17-18H,1-3,8-10H2/t13-,14+,15+,17-,18-/m1/s1. The van der Waals surface area contributed by atoms with Gasteiger partial charge in [-0.15, -0.1) is 20.2 Å². The highest BCUT2D eigenvalue weighted by molar-refractivity contribution is 5.69. The highest BCUT2D eigenvalue weighted by Gasteiger charge is 2.51. The number of nitro groups is 1. The molecule has 3 rings (SSSR count). The number of ether oxygens (including phenoxy) is 5. The average molecular weight is 531 g/mol. The van der Waals surface area contributed by atoms with Gasteiger partial charge in [-0.05, 0) is 25.0 Å². The molecule has 0 bridgehead atoms. The molecule has 2 saturated heterocycles. The molecule has 0 spiro atoms. The number of fused-ring (bicyclic) bond motifs is 1. The van der Waals surface area contributed by atoms with Crippen molar-refractivity contribution in [3.63, 3.8) is 0 Å². The van der Waals surface area contributed by atoms with E-state index < -0.39 is 64.3 Å². The van der Waals surface area contributed by atoms with Crippen LogP contribution in [0.3, 0.4) is 0 Å². The van der Waals surface area contributed by atoms with E-state index in [1.807, 2.05) is 0 Å². The molecule has 37 heavy (non-hydrogen) atoms. The van der Waals surface area contributed by atoms with Crippen LogP contribution in [0.25, 0.3) is 0 Å². The van der Waals surface area contributed by atoms with Gasteiger partial charge in [0.1, 0.15) is 30.7 Å². The molecular weight excluding hydrogens is 510 g/mol. The third kappa shape index (κ3) is 8.10. The summed E-state index contributed by atoms with van der Waals surface area (Å²) >= 11 is 0. The number of nitrogens with zero attached hydrogens (tertiary/aromatic N) is 3. The molecule has 1 aromatic rings. The Morgan fingerprint density at radius 3 is 2.14 bits per heavy atom. The molecule has 18 heteroatoms. The van der Waals surface area contributed by atoms with E-state index in [1.54, 1.807) is 0 Å². The average Bonchev–Trinajstić information content (AvgIpc) is 3.40. The van der Waals surface area contributed by atoms with Crippen molar-refractivity contribution in [3.8, 4) is 5.75 Å². The van der Waals surface area contributed by atoms with E-state index in [0.717, 1.165) is 12.1 Å². The van der Waals surface area contributed by atoms with Crippen LogP contribution in [-0.4, -0.2) is 77.6 Å². The quantitative estimate of drug-likeness (QED) is 0.150. The van der Waals surface area contributed by atoms with Crippen molar-refractivity contribution in [2.24, 2.45) is 0 Å². The first kappa shape index (κ1) is 27.3. The number of nitro benzene ring substituents is 1. The van der Waals surface area contributed by atoms with Gasteiger partial charge in [-0.1, -0.05) is 0 Å². The normalized spacial score (nSPS) is 22.8. The van der Waals surface area contributed by atoms with E-state index in [-0.39, 0.29) is 43.9 Å². The minimum absolute atomic E-state index is 0.0287. The van der Waals surface area contributed by atoms with Crippen molar-refractivity contribution in [2.45, 2.75) is 49.8 Å². The van der Waals surface area contributed by atoms with Gasteiger partial charge in [-0.25, -0.2) is 4.79 Å². The van der Waals surface area contributed by atoms with Crippen molar-refractivity contribution < 1.29 is 58.0 Å². The summed E-state index contributed by atoms with van der Waals surface area (Å²) < 4.78 is 26.6. The zero-order valence-electron chi connectivity index (χ0n) is 18.9. The van der Waals surface area contributed by atoms with E-state index in [9.17, 15) is 39.9 Å². The lowest BCUT2D eigenvalue weighted by atomic mass is 10.1. The lowest BCUT2D eigenvalue weighted by molar-refractivity contribution is -0.790. The van der Waals surface area contributed by atoms with E-state index in [2.05, 4.69) is 9.68 Å². The van der Waals surface area contributed by atoms with Crippen molar-refractivity contribution in [3.05, 3.63) is 54.6 Å². The minimum Gasteiger partial charge on any atom is -0.457 e. The second-order valence-electron chi connectivity index (χ2n) is 7.75. The van der Waals surface area contributed by atoms with Gasteiger partial charge >= 0.3 is 12.1 Å². The lowest BCUT2D eigenvalue weighted by Gasteiger charge is -2.17. The molecule has 2 aliphatic heterocycles. The van der Waals surface area contributed by atoms with Crippen LogP contribution in [0.5, 0.6) is 5.75 Å². The molecule has 202 valence electrons. The third-order valence-corrected chi connectivity index (χ3v) is 5.25. The minimum atomic E-state index is -1.24. The molecule has 18 nitrogen and oxygen atoms in total. The maximum Gasteiger partial charge on any atom is 0.514 e. The van der Waals surface area contributed by atoms with Gasteiger partial charge in [0.2, 0.25) is 0 Å². The molecule has 2 fully saturated rings. The fourth-order valence-electron chi connectivity index (χ4n) is 3.64. The Morgan fingerprint density at radius 1 is 0.946 bits per heavy atom. The number of benzene rings is 1. The molecule has 0 aromatic heterocycles. The number of carbonyl (C=O) groups excluding carboxylic acids is 2. The SMILES string of the molecule is O=C(CCC[C@H](CO[N+](=O)[O-])O[N+](=O)[O-])O[C@H]1CO[C@H]2[C@@H]1OC[C@@H]2OC(=O)Oc1ccc([N+](=O)[O-])cc1. The Labute approximate surface area is 206 Å². The Kier molecular flexibility index (Phi) is 9.27. The van der Waals surface area contributed by atoms with E-state index in [4.69, 9.17) is 23.7 Å². The summed E-state index contributed by atoms with van der Waals surface area (Å²) in [4.78, 5) is 63.5. The molecule has 0 saturated carbocycles. The highest BCUT2D eigenvalue weighted by Crippen LogP contribution is 2.31. The Bertz CT molecular complexity index is 1000. The van der Waals surface area contributed by atoms with Crippen molar-refractivity contribution in [2.75, 3.05) is 19.8 Å². The number of hydrogen-bond acceptors (Lipinski definition) is 15. The second kappa shape index (κ2) is 12.6. The van der Waals surface area contributed by atoms with Crippen molar-refractivity contribution in [1.82, 2.24) is 0 Å². The summed E-state index contributed by atoms with van der Waals surface area (Å²) in [7, 11) is 0. The van der Waals surface area contributed by atoms with Crippen LogP contribution in [0, 0.1) is 30.3 Å². The van der Waals surface area contributed by atoms with Crippen LogP contribution in [0.15, 0.2) is 24.3 Å². The van der Waals surface area contributed by atoms with Gasteiger partial charge in [-0.3, -0.25) is 14.9 Å². The van der Waals surface area contributed by atoms with Gasteiger partial charge in [0.05, 0.1) is 18.1 Å². The molecular formula is C19H21N3O15. The number of carbonyl (C=O) groups is 2. The molecule has 0 unspecified atom stereocenters. The zero-order valence-corrected chi connectivity index (χ0v) is 18.9. The van der Waals surface area contributed by atoms with Crippen molar-refractivity contribution >= 4 is 17.8 Å². The summed E-state index contributed by atoms with van der Waals surface area (Å²) in [5.41, 5.74) is -0.179. The fraction of sp³-hybridized carbons (Fsp3) is 0.579. The van der Waals surface area contributed by atoms with E-state index >= 15 is 0 Å². The summed E-state index contributed by atoms with van der Waals surface area (Å²) in [6, 6.07) is 4.78. The fourth-order valence-corrected chi connectivity index (χ4v) is 3.64. The van der Waals surface area contributed by atoms with E-state index in [1.165, 1.54) is 12.1 Å². The number of rotatable bonds is 13. The molecule has 0 radical (unpaired) electrons. The maximum atomic E-state index is 12.2. The van der Waals surface area contributed by atoms with E-state index in [0.29, 0.717) is 0 Å². The lowest BCUT2D eigenvalue weighted by Crippen LogP contribution is -2.36. The van der Waals surface area contributed by atoms with Crippen LogP contribution in [0.4, 0.5) is 10.5 Å². The Hall–Kier alpha value is -4.32. The van der Waals surface area contributed by atoms with Gasteiger partial charge in [0.25, 0.3) is 15.9 Å². The first-order chi connectivity index (χ1) is 17.6. The first-order valence-electron chi connectivity index (χ1n) is 10.8. The van der Waals surface area contributed by atoms with Gasteiger partial charge in [0.15, 0.2) is 12.2 Å². The van der Waals surface area contributed by atoms with Gasteiger partial charge < -0.3 is 33.4 Å². The Morgan fingerprint density at radius 2 is 1.57 bits per heavy atom. The third-order valence-electron chi connectivity index (χ3n) is 5.25. The summed E-state index contributed by atoms with van der Waals surface area (Å²) in [5.74, 6) is -0.643. The van der Waals surface area contributed by atoms with Crippen LogP contribution in [0.1, 0.15) is 19.3 Å². The van der Waals surface area contributed by atoms with Gasteiger partial charge in [-0.2, -0.15) is 0 Å². The summed E-state index contributed by atoms with van der Waals surface area (Å²) in [5, 5.41) is 29.2. The smallest absolute Gasteiger partial charge is 0.457 e. The topological polar surface area (TPSA) is 228 Å². The van der Waals surface area contributed by atoms with Crippen LogP contribution in [-0.2, 0) is 33.4 Å². The molecule has 5 atom stereocenters. The van der Waals surface area contributed by atoms with Crippen LogP contribution < -0.4 is 4.74 Å².